The lowest BCUT2D eigenvalue weighted by molar-refractivity contribution is -0.129. The molecule has 8 heteroatoms. The van der Waals surface area contributed by atoms with E-state index in [1.165, 1.54) is 17.6 Å². The molecule has 0 spiro atoms. The molecule has 2 aliphatic heterocycles. The number of nitrogens with zero attached hydrogens (tertiary/aromatic N) is 5. The number of para-hydroxylation sites is 1. The first kappa shape index (κ1) is 20.4. The second kappa shape index (κ2) is 8.30. The van der Waals surface area contributed by atoms with E-state index in [9.17, 15) is 4.79 Å². The van der Waals surface area contributed by atoms with Gasteiger partial charge < -0.3 is 19.5 Å². The Balaban J connectivity index is 1.37. The molecular weight excluding hydrogens is 428 g/mol. The molecule has 4 aromatic rings. The summed E-state index contributed by atoms with van der Waals surface area (Å²) in [5.41, 5.74) is 6.35. The van der Waals surface area contributed by atoms with E-state index < -0.39 is 0 Å². The summed E-state index contributed by atoms with van der Waals surface area (Å²) in [6.45, 7) is 3.68. The topological polar surface area (TPSA) is 87.4 Å². The van der Waals surface area contributed by atoms with Gasteiger partial charge in [-0.3, -0.25) is 4.79 Å². The Morgan fingerprint density at radius 1 is 1.03 bits per heavy atom. The van der Waals surface area contributed by atoms with Gasteiger partial charge in [0, 0.05) is 48.9 Å². The molecular formula is C26H24N6O2. The highest BCUT2D eigenvalue weighted by molar-refractivity contribution is 5.76. The normalized spacial score (nSPS) is 14.6. The molecule has 0 saturated carbocycles. The van der Waals surface area contributed by atoms with Gasteiger partial charge in [0.2, 0.25) is 11.9 Å². The number of carbonyl (C=O) groups is 1. The number of oxazole rings is 1. The van der Waals surface area contributed by atoms with Gasteiger partial charge in [0.05, 0.1) is 18.4 Å². The van der Waals surface area contributed by atoms with Crippen LogP contribution in [0.1, 0.15) is 23.7 Å². The van der Waals surface area contributed by atoms with Gasteiger partial charge in [0.25, 0.3) is 0 Å². The Labute approximate surface area is 197 Å². The summed E-state index contributed by atoms with van der Waals surface area (Å²) in [6, 6.07) is 16.3. The molecule has 0 saturated heterocycles. The molecule has 2 aliphatic rings. The van der Waals surface area contributed by atoms with Crippen molar-refractivity contribution in [2.24, 2.45) is 0 Å². The number of hydrogen-bond acceptors (Lipinski definition) is 7. The number of benzene rings is 2. The van der Waals surface area contributed by atoms with Crippen LogP contribution in [0, 0.1) is 0 Å². The average molecular weight is 453 g/mol. The molecule has 2 aromatic carbocycles. The first-order chi connectivity index (χ1) is 16.7. The van der Waals surface area contributed by atoms with Crippen LogP contribution in [0.25, 0.3) is 11.3 Å². The standard InChI is InChI=1S/C26H24N6O2/c1-17(33)31-12-11-22-21(15-31)25(32-13-10-18-4-2-3-5-23(18)32)30-26(29-22)28-20-8-6-19(7-9-20)24-14-27-16-34-24/h2-9,14,16H,10-13,15H2,1H3,(H,28,29,30). The molecule has 34 heavy (non-hydrogen) atoms. The molecule has 0 bridgehead atoms. The molecule has 1 amide bonds. The average Bonchev–Trinajstić information content (AvgIpc) is 3.54. The maximum atomic E-state index is 12.1. The number of nitrogens with one attached hydrogen (secondary N) is 1. The summed E-state index contributed by atoms with van der Waals surface area (Å²) < 4.78 is 5.38. The lowest BCUT2D eigenvalue weighted by atomic mass is 10.1. The van der Waals surface area contributed by atoms with Crippen molar-refractivity contribution in [2.45, 2.75) is 26.3 Å². The summed E-state index contributed by atoms with van der Waals surface area (Å²) in [4.78, 5) is 30.0. The molecule has 0 unspecified atom stereocenters. The highest BCUT2D eigenvalue weighted by Gasteiger charge is 2.29. The fourth-order valence-corrected chi connectivity index (χ4v) is 4.71. The Morgan fingerprint density at radius 2 is 1.88 bits per heavy atom. The highest BCUT2D eigenvalue weighted by Crippen LogP contribution is 2.38. The Bertz CT molecular complexity index is 1350. The van der Waals surface area contributed by atoms with Crippen LogP contribution in [0.2, 0.25) is 0 Å². The molecule has 0 atom stereocenters. The molecule has 0 fully saturated rings. The van der Waals surface area contributed by atoms with Crippen LogP contribution >= 0.6 is 0 Å². The van der Waals surface area contributed by atoms with Crippen LogP contribution in [-0.4, -0.2) is 38.8 Å². The maximum absolute atomic E-state index is 12.1. The second-order valence-corrected chi connectivity index (χ2v) is 8.59. The Morgan fingerprint density at radius 3 is 2.68 bits per heavy atom. The molecule has 170 valence electrons. The van der Waals surface area contributed by atoms with Crippen LogP contribution < -0.4 is 10.2 Å². The molecule has 1 N–H and O–H groups in total. The van der Waals surface area contributed by atoms with Gasteiger partial charge in [-0.2, -0.15) is 4.98 Å². The zero-order chi connectivity index (χ0) is 23.1. The fourth-order valence-electron chi connectivity index (χ4n) is 4.71. The summed E-state index contributed by atoms with van der Waals surface area (Å²) in [5.74, 6) is 2.23. The monoisotopic (exact) mass is 452 g/mol. The smallest absolute Gasteiger partial charge is 0.229 e. The number of anilines is 4. The van der Waals surface area contributed by atoms with Gasteiger partial charge >= 0.3 is 0 Å². The number of amides is 1. The van der Waals surface area contributed by atoms with E-state index >= 15 is 0 Å². The van der Waals surface area contributed by atoms with E-state index in [2.05, 4.69) is 39.5 Å². The van der Waals surface area contributed by atoms with Crippen molar-refractivity contribution in [1.82, 2.24) is 19.9 Å². The highest BCUT2D eigenvalue weighted by atomic mass is 16.3. The van der Waals surface area contributed by atoms with Crippen LogP contribution in [0.15, 0.2) is 65.5 Å². The van der Waals surface area contributed by atoms with Crippen molar-refractivity contribution in [2.75, 3.05) is 23.3 Å². The Hall–Kier alpha value is -4.20. The predicted molar refractivity (Wildman–Crippen MR) is 129 cm³/mol. The van der Waals surface area contributed by atoms with Crippen LogP contribution in [0.5, 0.6) is 0 Å². The van der Waals surface area contributed by atoms with Crippen LogP contribution in [-0.2, 0) is 24.2 Å². The Kier molecular flexibility index (Phi) is 4.98. The summed E-state index contributed by atoms with van der Waals surface area (Å²) in [7, 11) is 0. The van der Waals surface area contributed by atoms with E-state index in [1.54, 1.807) is 13.1 Å². The number of rotatable bonds is 4. The van der Waals surface area contributed by atoms with Crippen molar-refractivity contribution in [1.29, 1.82) is 0 Å². The molecule has 2 aromatic heterocycles. The minimum absolute atomic E-state index is 0.0764. The minimum Gasteiger partial charge on any atom is -0.444 e. The van der Waals surface area contributed by atoms with Gasteiger partial charge in [-0.25, -0.2) is 9.97 Å². The van der Waals surface area contributed by atoms with E-state index in [0.717, 1.165) is 47.1 Å². The lowest BCUT2D eigenvalue weighted by Crippen LogP contribution is -2.36. The van der Waals surface area contributed by atoms with Crippen molar-refractivity contribution in [3.63, 3.8) is 0 Å². The first-order valence-electron chi connectivity index (χ1n) is 11.4. The first-order valence-corrected chi connectivity index (χ1v) is 11.4. The van der Waals surface area contributed by atoms with E-state index in [4.69, 9.17) is 14.4 Å². The number of aromatic nitrogens is 3. The molecule has 8 nitrogen and oxygen atoms in total. The quantitative estimate of drug-likeness (QED) is 0.489. The fraction of sp³-hybridized carbons (Fsp3) is 0.231. The second-order valence-electron chi connectivity index (χ2n) is 8.59. The SMILES string of the molecule is CC(=O)N1CCc2nc(Nc3ccc(-c4cnco4)cc3)nc(N3CCc4ccccc43)c2C1. The molecule has 0 aliphatic carbocycles. The zero-order valence-corrected chi connectivity index (χ0v) is 18.9. The van der Waals surface area contributed by atoms with Crippen molar-refractivity contribution in [3.05, 3.63) is 77.9 Å². The van der Waals surface area contributed by atoms with Gasteiger partial charge in [-0.15, -0.1) is 0 Å². The van der Waals surface area contributed by atoms with Gasteiger partial charge in [0.15, 0.2) is 12.2 Å². The van der Waals surface area contributed by atoms with E-state index in [-0.39, 0.29) is 5.91 Å². The summed E-state index contributed by atoms with van der Waals surface area (Å²) in [5, 5.41) is 3.37. The van der Waals surface area contributed by atoms with Crippen molar-refractivity contribution >= 4 is 29.0 Å². The van der Waals surface area contributed by atoms with Gasteiger partial charge in [-0.1, -0.05) is 18.2 Å². The summed E-state index contributed by atoms with van der Waals surface area (Å²) in [6.07, 6.45) is 4.80. The minimum atomic E-state index is 0.0764. The number of hydrogen-bond donors (Lipinski definition) is 1. The van der Waals surface area contributed by atoms with Gasteiger partial charge in [-0.05, 0) is 42.3 Å². The zero-order valence-electron chi connectivity index (χ0n) is 18.9. The third-order valence-corrected chi connectivity index (χ3v) is 6.48. The van der Waals surface area contributed by atoms with Crippen molar-refractivity contribution in [3.8, 4) is 11.3 Å². The third kappa shape index (κ3) is 3.67. The molecule has 0 radical (unpaired) electrons. The van der Waals surface area contributed by atoms with E-state index in [1.807, 2.05) is 29.2 Å². The lowest BCUT2D eigenvalue weighted by Gasteiger charge is -2.31. The maximum Gasteiger partial charge on any atom is 0.229 e. The third-order valence-electron chi connectivity index (χ3n) is 6.48. The largest absolute Gasteiger partial charge is 0.444 e. The number of carbonyl (C=O) groups excluding carboxylic acids is 1. The van der Waals surface area contributed by atoms with Gasteiger partial charge in [0.1, 0.15) is 5.82 Å². The molecule has 4 heterocycles. The number of fused-ring (bicyclic) bond motifs is 2. The summed E-state index contributed by atoms with van der Waals surface area (Å²) >= 11 is 0. The predicted octanol–water partition coefficient (Wildman–Crippen LogP) is 4.47. The van der Waals surface area contributed by atoms with Crippen LogP contribution in [0.4, 0.5) is 23.1 Å². The van der Waals surface area contributed by atoms with Crippen molar-refractivity contribution < 1.29 is 9.21 Å². The van der Waals surface area contributed by atoms with Crippen LogP contribution in [0.3, 0.4) is 0 Å². The van der Waals surface area contributed by atoms with E-state index in [0.29, 0.717) is 25.5 Å². The molecule has 6 rings (SSSR count).